The molecule has 3 aromatic rings. The third-order valence-electron chi connectivity index (χ3n) is 5.71. The molecule has 1 aliphatic heterocycles. The molecule has 0 aliphatic carbocycles. The highest BCUT2D eigenvalue weighted by Gasteiger charge is 2.24. The van der Waals surface area contributed by atoms with Gasteiger partial charge < -0.3 is 9.47 Å². The minimum Gasteiger partial charge on any atom is -0.339 e. The highest BCUT2D eigenvalue weighted by atomic mass is 16.2. The first-order valence-corrected chi connectivity index (χ1v) is 10.2. The van der Waals surface area contributed by atoms with E-state index in [1.54, 1.807) is 0 Å². The van der Waals surface area contributed by atoms with Crippen molar-refractivity contribution >= 4 is 5.91 Å². The Bertz CT molecular complexity index is 907. The number of carbonyl (C=O) groups excluding carboxylic acids is 1. The molecule has 1 aromatic heterocycles. The third-order valence-corrected chi connectivity index (χ3v) is 5.71. The van der Waals surface area contributed by atoms with Crippen LogP contribution in [0, 0.1) is 5.92 Å². The lowest BCUT2D eigenvalue weighted by molar-refractivity contribution is 0.0682. The number of aryl methyl sites for hydroxylation is 1. The fourth-order valence-electron chi connectivity index (χ4n) is 4.04. The minimum atomic E-state index is 0.148. The Morgan fingerprint density at radius 1 is 1.00 bits per heavy atom. The van der Waals surface area contributed by atoms with Crippen molar-refractivity contribution in [3.05, 3.63) is 78.4 Å². The molecule has 0 radical (unpaired) electrons. The Balaban J connectivity index is 1.35. The zero-order chi connectivity index (χ0) is 19.3. The van der Waals surface area contributed by atoms with Gasteiger partial charge in [0, 0.05) is 44.0 Å². The van der Waals surface area contributed by atoms with Crippen molar-refractivity contribution in [1.29, 1.82) is 0 Å². The maximum absolute atomic E-state index is 12.9. The van der Waals surface area contributed by atoms with Gasteiger partial charge in [0.2, 0.25) is 0 Å². The Morgan fingerprint density at radius 3 is 2.36 bits per heavy atom. The van der Waals surface area contributed by atoms with Gasteiger partial charge in [-0.05, 0) is 42.0 Å². The third kappa shape index (κ3) is 4.01. The predicted molar refractivity (Wildman–Crippen MR) is 112 cm³/mol. The normalized spacial score (nSPS) is 15.0. The minimum absolute atomic E-state index is 0.148. The fraction of sp³-hybridized carbons (Fsp3) is 0.333. The van der Waals surface area contributed by atoms with Gasteiger partial charge in [0.05, 0.1) is 0 Å². The van der Waals surface area contributed by atoms with Crippen LogP contribution in [0.15, 0.2) is 67.0 Å². The van der Waals surface area contributed by atoms with E-state index in [-0.39, 0.29) is 5.91 Å². The molecule has 4 nitrogen and oxygen atoms in total. The van der Waals surface area contributed by atoms with Gasteiger partial charge in [-0.25, -0.2) is 4.98 Å². The summed E-state index contributed by atoms with van der Waals surface area (Å²) in [5.41, 5.74) is 3.09. The summed E-state index contributed by atoms with van der Waals surface area (Å²) < 4.78 is 2.27. The zero-order valence-electron chi connectivity index (χ0n) is 16.4. The van der Waals surface area contributed by atoms with Gasteiger partial charge in [-0.1, -0.05) is 49.4 Å². The highest BCUT2D eigenvalue weighted by molar-refractivity contribution is 5.94. The molecule has 1 aliphatic rings. The molecule has 0 bridgehead atoms. The Morgan fingerprint density at radius 2 is 1.68 bits per heavy atom. The van der Waals surface area contributed by atoms with Crippen LogP contribution in [0.4, 0.5) is 0 Å². The lowest BCUT2D eigenvalue weighted by atomic mass is 9.96. The van der Waals surface area contributed by atoms with Crippen molar-refractivity contribution in [2.45, 2.75) is 32.7 Å². The summed E-state index contributed by atoms with van der Waals surface area (Å²) >= 11 is 0. The summed E-state index contributed by atoms with van der Waals surface area (Å²) in [4.78, 5) is 19.3. The molecule has 0 atom stereocenters. The van der Waals surface area contributed by atoms with Gasteiger partial charge in [-0.15, -0.1) is 0 Å². The number of rotatable bonds is 5. The number of imidazole rings is 1. The van der Waals surface area contributed by atoms with E-state index >= 15 is 0 Å². The van der Waals surface area contributed by atoms with Gasteiger partial charge in [0.15, 0.2) is 0 Å². The van der Waals surface area contributed by atoms with E-state index in [9.17, 15) is 4.79 Å². The van der Waals surface area contributed by atoms with Crippen LogP contribution in [0.5, 0.6) is 0 Å². The van der Waals surface area contributed by atoms with Crippen LogP contribution in [0.2, 0.25) is 0 Å². The van der Waals surface area contributed by atoms with Crippen LogP contribution in [0.1, 0.15) is 35.9 Å². The lowest BCUT2D eigenvalue weighted by Crippen LogP contribution is -2.39. The molecular formula is C24H27N3O. The average molecular weight is 374 g/mol. The van der Waals surface area contributed by atoms with Gasteiger partial charge in [-0.3, -0.25) is 4.79 Å². The lowest BCUT2D eigenvalue weighted by Gasteiger charge is -2.32. The van der Waals surface area contributed by atoms with Crippen molar-refractivity contribution in [3.8, 4) is 11.1 Å². The molecular weight excluding hydrogens is 346 g/mol. The van der Waals surface area contributed by atoms with Crippen LogP contribution in [-0.2, 0) is 13.0 Å². The second-order valence-electron chi connectivity index (χ2n) is 7.53. The van der Waals surface area contributed by atoms with E-state index < -0.39 is 0 Å². The van der Waals surface area contributed by atoms with E-state index in [0.717, 1.165) is 55.8 Å². The Labute approximate surface area is 166 Å². The first-order chi connectivity index (χ1) is 13.7. The molecule has 0 N–H and O–H groups in total. The molecule has 28 heavy (non-hydrogen) atoms. The fourth-order valence-corrected chi connectivity index (χ4v) is 4.04. The second-order valence-corrected chi connectivity index (χ2v) is 7.53. The number of hydrogen-bond donors (Lipinski definition) is 0. The maximum Gasteiger partial charge on any atom is 0.253 e. The first-order valence-electron chi connectivity index (χ1n) is 10.2. The standard InChI is InChI=1S/C24H27N3O/c1-2-23-25-14-17-27(23)18-19-12-15-26(16-13-19)24(28)22-10-8-21(9-11-22)20-6-4-3-5-7-20/h3-11,14,17,19H,2,12-13,15-16,18H2,1H3. The number of benzene rings is 2. The molecule has 0 unspecified atom stereocenters. The summed E-state index contributed by atoms with van der Waals surface area (Å²) in [7, 11) is 0. The zero-order valence-corrected chi connectivity index (χ0v) is 16.4. The van der Waals surface area contributed by atoms with Gasteiger partial charge in [0.25, 0.3) is 5.91 Å². The van der Waals surface area contributed by atoms with Crippen molar-refractivity contribution in [2.75, 3.05) is 13.1 Å². The van der Waals surface area contributed by atoms with E-state index in [1.807, 2.05) is 53.6 Å². The van der Waals surface area contributed by atoms with Crippen LogP contribution in [0.25, 0.3) is 11.1 Å². The number of amides is 1. The van der Waals surface area contributed by atoms with Crippen molar-refractivity contribution in [1.82, 2.24) is 14.5 Å². The van der Waals surface area contributed by atoms with Crippen LogP contribution in [-0.4, -0.2) is 33.4 Å². The molecule has 1 saturated heterocycles. The quantitative estimate of drug-likeness (QED) is 0.652. The largest absolute Gasteiger partial charge is 0.339 e. The summed E-state index contributed by atoms with van der Waals surface area (Å²) in [5, 5.41) is 0. The maximum atomic E-state index is 12.9. The van der Waals surface area contributed by atoms with Gasteiger partial charge in [-0.2, -0.15) is 0 Å². The number of aromatic nitrogens is 2. The molecule has 2 heterocycles. The number of nitrogens with zero attached hydrogens (tertiary/aromatic N) is 3. The van der Waals surface area contributed by atoms with E-state index in [4.69, 9.17) is 0 Å². The Hall–Kier alpha value is -2.88. The summed E-state index contributed by atoms with van der Waals surface area (Å²) in [6.45, 7) is 4.82. The average Bonchev–Trinajstić information content (AvgIpc) is 3.21. The van der Waals surface area contributed by atoms with Gasteiger partial charge >= 0.3 is 0 Å². The number of piperidine rings is 1. The molecule has 4 heteroatoms. The molecule has 1 amide bonds. The van der Waals surface area contributed by atoms with Crippen molar-refractivity contribution < 1.29 is 4.79 Å². The van der Waals surface area contributed by atoms with E-state index in [2.05, 4.69) is 34.8 Å². The van der Waals surface area contributed by atoms with Crippen molar-refractivity contribution in [3.63, 3.8) is 0 Å². The molecule has 144 valence electrons. The highest BCUT2D eigenvalue weighted by Crippen LogP contribution is 2.23. The van der Waals surface area contributed by atoms with Crippen LogP contribution >= 0.6 is 0 Å². The van der Waals surface area contributed by atoms with Gasteiger partial charge in [0.1, 0.15) is 5.82 Å². The van der Waals surface area contributed by atoms with E-state index in [1.165, 1.54) is 5.56 Å². The Kier molecular flexibility index (Phi) is 5.56. The summed E-state index contributed by atoms with van der Waals surface area (Å²) in [6.07, 6.45) is 7.02. The molecule has 0 spiro atoms. The van der Waals surface area contributed by atoms with Crippen molar-refractivity contribution in [2.24, 2.45) is 5.92 Å². The molecule has 2 aromatic carbocycles. The SMILES string of the molecule is CCc1nccn1CC1CCN(C(=O)c2ccc(-c3ccccc3)cc2)CC1. The molecule has 0 saturated carbocycles. The summed E-state index contributed by atoms with van der Waals surface area (Å²) in [5.74, 6) is 1.91. The first kappa shape index (κ1) is 18.5. The second kappa shape index (κ2) is 8.42. The summed E-state index contributed by atoms with van der Waals surface area (Å²) in [6, 6.07) is 18.3. The number of likely N-dealkylation sites (tertiary alicyclic amines) is 1. The topological polar surface area (TPSA) is 38.1 Å². The van der Waals surface area contributed by atoms with Crippen LogP contribution < -0.4 is 0 Å². The molecule has 4 rings (SSSR count). The molecule has 1 fully saturated rings. The van der Waals surface area contributed by atoms with E-state index in [0.29, 0.717) is 5.92 Å². The predicted octanol–water partition coefficient (Wildman–Crippen LogP) is 4.66. The smallest absolute Gasteiger partial charge is 0.253 e. The monoisotopic (exact) mass is 373 g/mol. The van der Waals surface area contributed by atoms with Crippen LogP contribution in [0.3, 0.4) is 0 Å². The number of hydrogen-bond acceptors (Lipinski definition) is 2. The number of carbonyl (C=O) groups is 1.